The van der Waals surface area contributed by atoms with Gasteiger partial charge >= 0.3 is 0 Å². The number of carbonyl (C=O) groups is 1. The van der Waals surface area contributed by atoms with E-state index in [4.69, 9.17) is 9.26 Å². The van der Waals surface area contributed by atoms with Crippen molar-refractivity contribution >= 4 is 11.6 Å². The molecule has 30 heavy (non-hydrogen) atoms. The normalized spacial score (nSPS) is 10.6. The maximum Gasteiger partial charge on any atom is 0.227 e. The molecule has 0 aliphatic carbocycles. The SMILES string of the molecule is O=C(CCc1nc(-c2ccncc2)no1)Nc1ccccc1Oc1ccc(F)cc1. The van der Waals surface area contributed by atoms with E-state index >= 15 is 0 Å². The number of anilines is 1. The van der Waals surface area contributed by atoms with Crippen LogP contribution in [0.25, 0.3) is 11.4 Å². The predicted molar refractivity (Wildman–Crippen MR) is 107 cm³/mol. The van der Waals surface area contributed by atoms with Crippen LogP contribution in [0.2, 0.25) is 0 Å². The number of halogens is 1. The molecule has 0 bridgehead atoms. The molecule has 2 heterocycles. The third-order valence-corrected chi connectivity index (χ3v) is 4.18. The number of hydrogen-bond acceptors (Lipinski definition) is 6. The number of hydrogen-bond donors (Lipinski definition) is 1. The van der Waals surface area contributed by atoms with Crippen LogP contribution < -0.4 is 10.1 Å². The number of benzene rings is 2. The van der Waals surface area contributed by atoms with E-state index in [1.165, 1.54) is 24.3 Å². The molecule has 1 amide bonds. The molecule has 4 aromatic rings. The first-order valence-electron chi connectivity index (χ1n) is 9.23. The Morgan fingerprint density at radius 3 is 2.60 bits per heavy atom. The van der Waals surface area contributed by atoms with E-state index in [1.54, 1.807) is 48.8 Å². The molecule has 0 unspecified atom stereocenters. The lowest BCUT2D eigenvalue weighted by Gasteiger charge is -2.12. The van der Waals surface area contributed by atoms with Gasteiger partial charge in [-0.25, -0.2) is 4.39 Å². The number of pyridine rings is 1. The Morgan fingerprint density at radius 1 is 1.03 bits per heavy atom. The summed E-state index contributed by atoms with van der Waals surface area (Å²) in [6, 6.07) is 16.2. The summed E-state index contributed by atoms with van der Waals surface area (Å²) in [5, 5.41) is 6.74. The summed E-state index contributed by atoms with van der Waals surface area (Å²) in [5.41, 5.74) is 1.30. The summed E-state index contributed by atoms with van der Waals surface area (Å²) in [6.07, 6.45) is 3.74. The summed E-state index contributed by atoms with van der Waals surface area (Å²) >= 11 is 0. The number of nitrogens with one attached hydrogen (secondary N) is 1. The second-order valence-electron chi connectivity index (χ2n) is 6.35. The first-order chi connectivity index (χ1) is 14.7. The maximum atomic E-state index is 13.1. The number of ether oxygens (including phenoxy) is 1. The Bertz CT molecular complexity index is 1130. The topological polar surface area (TPSA) is 90.1 Å². The van der Waals surface area contributed by atoms with Gasteiger partial charge in [0.05, 0.1) is 5.69 Å². The average Bonchev–Trinajstić information content (AvgIpc) is 3.25. The zero-order valence-electron chi connectivity index (χ0n) is 15.8. The molecule has 2 aromatic heterocycles. The number of rotatable bonds is 7. The molecular formula is C22H17FN4O3. The molecule has 1 N–H and O–H groups in total. The quantitative estimate of drug-likeness (QED) is 0.483. The average molecular weight is 404 g/mol. The highest BCUT2D eigenvalue weighted by Crippen LogP contribution is 2.29. The number of aryl methyl sites for hydroxylation is 1. The van der Waals surface area contributed by atoms with E-state index in [0.717, 1.165) is 5.56 Å². The highest BCUT2D eigenvalue weighted by Gasteiger charge is 2.12. The minimum atomic E-state index is -0.350. The molecule has 4 rings (SSSR count). The highest BCUT2D eigenvalue weighted by molar-refractivity contribution is 5.92. The van der Waals surface area contributed by atoms with Gasteiger partial charge in [-0.15, -0.1) is 0 Å². The first-order valence-corrected chi connectivity index (χ1v) is 9.23. The summed E-state index contributed by atoms with van der Waals surface area (Å²) in [4.78, 5) is 20.6. The molecule has 0 fully saturated rings. The number of carbonyl (C=O) groups excluding carboxylic acids is 1. The molecule has 7 nitrogen and oxygen atoms in total. The summed E-state index contributed by atoms with van der Waals surface area (Å²) in [5.74, 6) is 1.16. The second kappa shape index (κ2) is 8.95. The van der Waals surface area contributed by atoms with E-state index in [2.05, 4.69) is 20.4 Å². The lowest BCUT2D eigenvalue weighted by molar-refractivity contribution is -0.116. The van der Waals surface area contributed by atoms with Gasteiger partial charge in [-0.1, -0.05) is 17.3 Å². The standard InChI is InChI=1S/C22H17FN4O3/c23-16-5-7-17(8-6-16)29-19-4-2-1-3-18(19)25-20(28)9-10-21-26-22(27-30-21)15-11-13-24-14-12-15/h1-8,11-14H,9-10H2,(H,25,28). The van der Waals surface area contributed by atoms with Gasteiger partial charge in [-0.2, -0.15) is 4.98 Å². The Morgan fingerprint density at radius 2 is 1.80 bits per heavy atom. The van der Waals surface area contributed by atoms with Gasteiger partial charge in [0.1, 0.15) is 11.6 Å². The highest BCUT2D eigenvalue weighted by atomic mass is 19.1. The first kappa shape index (κ1) is 19.3. The van der Waals surface area contributed by atoms with E-state index < -0.39 is 0 Å². The molecule has 8 heteroatoms. The fourth-order valence-electron chi connectivity index (χ4n) is 2.70. The van der Waals surface area contributed by atoms with Crippen molar-refractivity contribution in [3.8, 4) is 22.9 Å². The zero-order valence-corrected chi connectivity index (χ0v) is 15.8. The molecule has 0 saturated carbocycles. The maximum absolute atomic E-state index is 13.1. The molecule has 0 atom stereocenters. The van der Waals surface area contributed by atoms with Gasteiger partial charge in [0.25, 0.3) is 0 Å². The number of para-hydroxylation sites is 2. The van der Waals surface area contributed by atoms with Crippen LogP contribution in [0.5, 0.6) is 11.5 Å². The monoisotopic (exact) mass is 404 g/mol. The van der Waals surface area contributed by atoms with Gasteiger partial charge in [0.15, 0.2) is 5.75 Å². The predicted octanol–water partition coefficient (Wildman–Crippen LogP) is 4.63. The van der Waals surface area contributed by atoms with Crippen molar-refractivity contribution in [2.45, 2.75) is 12.8 Å². The minimum Gasteiger partial charge on any atom is -0.455 e. The van der Waals surface area contributed by atoms with E-state index in [0.29, 0.717) is 35.3 Å². The fourth-order valence-corrected chi connectivity index (χ4v) is 2.70. The Balaban J connectivity index is 1.37. The van der Waals surface area contributed by atoms with Crippen LogP contribution in [0, 0.1) is 5.82 Å². The van der Waals surface area contributed by atoms with Crippen LogP contribution in [0.4, 0.5) is 10.1 Å². The van der Waals surface area contributed by atoms with Gasteiger partial charge < -0.3 is 14.6 Å². The van der Waals surface area contributed by atoms with Gasteiger partial charge in [-0.3, -0.25) is 9.78 Å². The molecule has 150 valence electrons. The van der Waals surface area contributed by atoms with Gasteiger partial charge in [-0.05, 0) is 48.5 Å². The number of aromatic nitrogens is 3. The van der Waals surface area contributed by atoms with Crippen molar-refractivity contribution < 1.29 is 18.4 Å². The largest absolute Gasteiger partial charge is 0.455 e. The summed E-state index contributed by atoms with van der Waals surface area (Å²) in [6.45, 7) is 0. The third kappa shape index (κ3) is 4.85. The van der Waals surface area contributed by atoms with Crippen molar-refractivity contribution in [2.75, 3.05) is 5.32 Å². The van der Waals surface area contributed by atoms with Gasteiger partial charge in [0.2, 0.25) is 17.6 Å². The van der Waals surface area contributed by atoms with Crippen molar-refractivity contribution in [3.63, 3.8) is 0 Å². The molecule has 0 aliphatic heterocycles. The summed E-state index contributed by atoms with van der Waals surface area (Å²) in [7, 11) is 0. The molecule has 2 aromatic carbocycles. The smallest absolute Gasteiger partial charge is 0.227 e. The minimum absolute atomic E-state index is 0.156. The zero-order chi connectivity index (χ0) is 20.8. The third-order valence-electron chi connectivity index (χ3n) is 4.18. The van der Waals surface area contributed by atoms with Crippen LogP contribution in [-0.2, 0) is 11.2 Å². The lowest BCUT2D eigenvalue weighted by atomic mass is 10.2. The Labute approximate surface area is 171 Å². The second-order valence-corrected chi connectivity index (χ2v) is 6.35. The van der Waals surface area contributed by atoms with Gasteiger partial charge in [0, 0.05) is 30.8 Å². The summed E-state index contributed by atoms with van der Waals surface area (Å²) < 4.78 is 24.0. The lowest BCUT2D eigenvalue weighted by Crippen LogP contribution is -2.13. The van der Waals surface area contributed by atoms with Crippen molar-refractivity contribution in [1.29, 1.82) is 0 Å². The molecule has 0 spiro atoms. The van der Waals surface area contributed by atoms with Crippen LogP contribution in [0.15, 0.2) is 77.6 Å². The van der Waals surface area contributed by atoms with Crippen LogP contribution in [-0.4, -0.2) is 21.0 Å². The van der Waals surface area contributed by atoms with Crippen molar-refractivity contribution in [2.24, 2.45) is 0 Å². The van der Waals surface area contributed by atoms with E-state index in [9.17, 15) is 9.18 Å². The Kier molecular flexibility index (Phi) is 5.75. The van der Waals surface area contributed by atoms with Crippen LogP contribution >= 0.6 is 0 Å². The number of nitrogens with zero attached hydrogens (tertiary/aromatic N) is 3. The fraction of sp³-hybridized carbons (Fsp3) is 0.0909. The van der Waals surface area contributed by atoms with E-state index in [-0.39, 0.29) is 18.1 Å². The van der Waals surface area contributed by atoms with Crippen molar-refractivity contribution in [3.05, 3.63) is 84.8 Å². The molecule has 0 saturated heterocycles. The van der Waals surface area contributed by atoms with Crippen LogP contribution in [0.3, 0.4) is 0 Å². The molecular weight excluding hydrogens is 387 g/mol. The Hall–Kier alpha value is -4.07. The van der Waals surface area contributed by atoms with E-state index in [1.807, 2.05) is 0 Å². The number of amides is 1. The van der Waals surface area contributed by atoms with Crippen molar-refractivity contribution in [1.82, 2.24) is 15.1 Å². The molecule has 0 aliphatic rings. The van der Waals surface area contributed by atoms with Crippen LogP contribution in [0.1, 0.15) is 12.3 Å². The molecule has 0 radical (unpaired) electrons.